The molecule has 2 saturated carbocycles. The molecule has 1 heterocycles. The van der Waals surface area contributed by atoms with Gasteiger partial charge >= 0.3 is 0 Å². The summed E-state index contributed by atoms with van der Waals surface area (Å²) in [7, 11) is 0. The Labute approximate surface area is 158 Å². The Hall–Kier alpha value is -1.10. The Morgan fingerprint density at radius 1 is 0.846 bits per heavy atom. The molecule has 1 unspecified atom stereocenters. The molecular formula is C21H37N3O2. The average Bonchev–Trinajstić information content (AvgIpc) is 2.68. The highest BCUT2D eigenvalue weighted by Crippen LogP contribution is 2.27. The van der Waals surface area contributed by atoms with Crippen LogP contribution < -0.4 is 16.0 Å². The van der Waals surface area contributed by atoms with Crippen LogP contribution in [0.3, 0.4) is 0 Å². The van der Waals surface area contributed by atoms with E-state index < -0.39 is 0 Å². The van der Waals surface area contributed by atoms with Crippen molar-refractivity contribution in [3.05, 3.63) is 0 Å². The molecule has 0 radical (unpaired) electrons. The largest absolute Gasteiger partial charge is 0.356 e. The molecule has 1 atom stereocenters. The van der Waals surface area contributed by atoms with Crippen molar-refractivity contribution in [3.63, 3.8) is 0 Å². The molecule has 2 aliphatic carbocycles. The Morgan fingerprint density at radius 3 is 2.27 bits per heavy atom. The monoisotopic (exact) mass is 363 g/mol. The number of amides is 2. The van der Waals surface area contributed by atoms with Crippen LogP contribution in [0.25, 0.3) is 0 Å². The third-order valence-electron chi connectivity index (χ3n) is 6.63. The molecule has 3 fully saturated rings. The predicted molar refractivity (Wildman–Crippen MR) is 104 cm³/mol. The highest BCUT2D eigenvalue weighted by atomic mass is 16.2. The standard InChI is InChI=1S/C21H37N3O2/c25-20(13-16-5-2-1-3-6-16)24-19-10-8-18(9-11-19)21(26)23-15-17-7-4-12-22-14-17/h16-19,22H,1-15H2,(H,23,26)(H,24,25). The van der Waals surface area contributed by atoms with Crippen LogP contribution in [0.2, 0.25) is 0 Å². The molecule has 3 aliphatic rings. The lowest BCUT2D eigenvalue weighted by Crippen LogP contribution is -2.43. The second-order valence-electron chi connectivity index (χ2n) is 8.78. The zero-order chi connectivity index (χ0) is 18.2. The van der Waals surface area contributed by atoms with Crippen LogP contribution in [-0.4, -0.2) is 37.5 Å². The SMILES string of the molecule is O=C(CC1CCCCC1)NC1CCC(C(=O)NCC2CCCNC2)CC1. The summed E-state index contributed by atoms with van der Waals surface area (Å²) in [5.74, 6) is 1.78. The number of carbonyl (C=O) groups is 2. The molecule has 0 spiro atoms. The van der Waals surface area contributed by atoms with Crippen LogP contribution in [0.5, 0.6) is 0 Å². The van der Waals surface area contributed by atoms with Gasteiger partial charge in [-0.05, 0) is 76.3 Å². The van der Waals surface area contributed by atoms with E-state index in [2.05, 4.69) is 16.0 Å². The minimum Gasteiger partial charge on any atom is -0.356 e. The topological polar surface area (TPSA) is 70.2 Å². The third kappa shape index (κ3) is 6.26. The fourth-order valence-corrected chi connectivity index (χ4v) is 4.93. The van der Waals surface area contributed by atoms with Crippen LogP contribution in [0.15, 0.2) is 0 Å². The van der Waals surface area contributed by atoms with Crippen LogP contribution in [-0.2, 0) is 9.59 Å². The first kappa shape index (κ1) is 19.7. The van der Waals surface area contributed by atoms with Gasteiger partial charge in [0, 0.05) is 24.9 Å². The maximum Gasteiger partial charge on any atom is 0.223 e. The van der Waals surface area contributed by atoms with E-state index in [1.54, 1.807) is 0 Å². The second kappa shape index (κ2) is 10.3. The fourth-order valence-electron chi connectivity index (χ4n) is 4.93. The summed E-state index contributed by atoms with van der Waals surface area (Å²) in [6.07, 6.45) is 13.2. The van der Waals surface area contributed by atoms with E-state index in [9.17, 15) is 9.59 Å². The number of hydrogen-bond donors (Lipinski definition) is 3. The third-order valence-corrected chi connectivity index (χ3v) is 6.63. The van der Waals surface area contributed by atoms with E-state index in [4.69, 9.17) is 0 Å². The molecule has 3 N–H and O–H groups in total. The van der Waals surface area contributed by atoms with E-state index in [1.807, 2.05) is 0 Å². The van der Waals surface area contributed by atoms with Crippen molar-refractivity contribution in [2.24, 2.45) is 17.8 Å². The minimum absolute atomic E-state index is 0.137. The zero-order valence-electron chi connectivity index (χ0n) is 16.2. The van der Waals surface area contributed by atoms with E-state index in [-0.39, 0.29) is 23.8 Å². The molecule has 26 heavy (non-hydrogen) atoms. The van der Waals surface area contributed by atoms with Gasteiger partial charge in [-0.1, -0.05) is 19.3 Å². The first-order chi connectivity index (χ1) is 12.7. The first-order valence-electron chi connectivity index (χ1n) is 11.0. The number of rotatable bonds is 6. The van der Waals surface area contributed by atoms with Gasteiger partial charge < -0.3 is 16.0 Å². The number of piperidine rings is 1. The van der Waals surface area contributed by atoms with Crippen molar-refractivity contribution in [2.75, 3.05) is 19.6 Å². The predicted octanol–water partition coefficient (Wildman–Crippen LogP) is 2.75. The molecule has 0 aromatic heterocycles. The molecule has 0 bridgehead atoms. The van der Waals surface area contributed by atoms with Crippen molar-refractivity contribution in [1.82, 2.24) is 16.0 Å². The summed E-state index contributed by atoms with van der Waals surface area (Å²) in [4.78, 5) is 24.7. The van der Waals surface area contributed by atoms with E-state index in [0.717, 1.165) is 45.3 Å². The summed E-state index contributed by atoms with van der Waals surface area (Å²) in [5, 5.41) is 9.80. The van der Waals surface area contributed by atoms with Gasteiger partial charge in [-0.25, -0.2) is 0 Å². The molecule has 2 amide bonds. The van der Waals surface area contributed by atoms with Gasteiger partial charge in [-0.2, -0.15) is 0 Å². The highest BCUT2D eigenvalue weighted by molar-refractivity contribution is 5.79. The molecule has 148 valence electrons. The molecule has 1 aliphatic heterocycles. The summed E-state index contributed by atoms with van der Waals surface area (Å²) < 4.78 is 0. The Morgan fingerprint density at radius 2 is 1.58 bits per heavy atom. The molecular weight excluding hydrogens is 326 g/mol. The summed E-state index contributed by atoms with van der Waals surface area (Å²) in [6.45, 7) is 2.95. The normalized spacial score (nSPS) is 30.5. The minimum atomic E-state index is 0.137. The van der Waals surface area contributed by atoms with Gasteiger partial charge in [0.05, 0.1) is 0 Å². The molecule has 0 aromatic carbocycles. The van der Waals surface area contributed by atoms with Gasteiger partial charge in [0.2, 0.25) is 11.8 Å². The Kier molecular flexibility index (Phi) is 7.78. The molecule has 5 heteroatoms. The number of hydrogen-bond acceptors (Lipinski definition) is 3. The van der Waals surface area contributed by atoms with Crippen LogP contribution in [0.4, 0.5) is 0 Å². The van der Waals surface area contributed by atoms with Gasteiger partial charge in [0.25, 0.3) is 0 Å². The van der Waals surface area contributed by atoms with Gasteiger partial charge in [0.15, 0.2) is 0 Å². The second-order valence-corrected chi connectivity index (χ2v) is 8.78. The van der Waals surface area contributed by atoms with E-state index >= 15 is 0 Å². The van der Waals surface area contributed by atoms with Gasteiger partial charge in [-0.15, -0.1) is 0 Å². The van der Waals surface area contributed by atoms with E-state index in [0.29, 0.717) is 18.3 Å². The first-order valence-corrected chi connectivity index (χ1v) is 11.0. The molecule has 0 aromatic rings. The maximum absolute atomic E-state index is 12.4. The average molecular weight is 364 g/mol. The summed E-state index contributed by atoms with van der Waals surface area (Å²) >= 11 is 0. The molecule has 5 nitrogen and oxygen atoms in total. The quantitative estimate of drug-likeness (QED) is 0.679. The van der Waals surface area contributed by atoms with Crippen molar-refractivity contribution in [1.29, 1.82) is 0 Å². The van der Waals surface area contributed by atoms with Crippen molar-refractivity contribution >= 4 is 11.8 Å². The van der Waals surface area contributed by atoms with Crippen molar-refractivity contribution in [3.8, 4) is 0 Å². The van der Waals surface area contributed by atoms with Crippen LogP contribution in [0.1, 0.15) is 77.0 Å². The number of nitrogens with one attached hydrogen (secondary N) is 3. The molecule has 1 saturated heterocycles. The fraction of sp³-hybridized carbons (Fsp3) is 0.905. The van der Waals surface area contributed by atoms with E-state index in [1.165, 1.54) is 44.9 Å². The van der Waals surface area contributed by atoms with Crippen LogP contribution in [0, 0.1) is 17.8 Å². The number of carbonyl (C=O) groups excluding carboxylic acids is 2. The summed E-state index contributed by atoms with van der Waals surface area (Å²) in [5.41, 5.74) is 0. The lowest BCUT2D eigenvalue weighted by Gasteiger charge is -2.30. The lowest BCUT2D eigenvalue weighted by atomic mass is 9.84. The smallest absolute Gasteiger partial charge is 0.223 e. The highest BCUT2D eigenvalue weighted by Gasteiger charge is 2.28. The van der Waals surface area contributed by atoms with Crippen molar-refractivity contribution < 1.29 is 9.59 Å². The summed E-state index contributed by atoms with van der Waals surface area (Å²) in [6, 6.07) is 0.276. The Balaban J connectivity index is 1.30. The van der Waals surface area contributed by atoms with Gasteiger partial charge in [0.1, 0.15) is 0 Å². The maximum atomic E-state index is 12.4. The van der Waals surface area contributed by atoms with Crippen molar-refractivity contribution in [2.45, 2.75) is 83.1 Å². The molecule has 3 rings (SSSR count). The zero-order valence-corrected chi connectivity index (χ0v) is 16.2. The Bertz CT molecular complexity index is 448. The van der Waals surface area contributed by atoms with Gasteiger partial charge in [-0.3, -0.25) is 9.59 Å². The lowest BCUT2D eigenvalue weighted by molar-refractivity contribution is -0.126. The van der Waals surface area contributed by atoms with Crippen LogP contribution >= 0.6 is 0 Å².